The van der Waals surface area contributed by atoms with Gasteiger partial charge in [-0.2, -0.15) is 0 Å². The van der Waals surface area contributed by atoms with Gasteiger partial charge >= 0.3 is 0 Å². The number of rotatable bonds is 3. The highest BCUT2D eigenvalue weighted by Gasteiger charge is 2.11. The van der Waals surface area contributed by atoms with E-state index in [1.54, 1.807) is 0 Å². The Balaban J connectivity index is 2.18. The maximum atomic E-state index is 10.2. The first-order valence-corrected chi connectivity index (χ1v) is 7.40. The summed E-state index contributed by atoms with van der Waals surface area (Å²) in [6.07, 6.45) is -0.0519. The third kappa shape index (κ3) is 3.58. The van der Waals surface area contributed by atoms with E-state index in [2.05, 4.69) is 31.9 Å². The zero-order valence-corrected chi connectivity index (χ0v) is 13.3. The SMILES string of the molecule is OC(Cc1ccc(Br)cc1Cl)c1cccc(Br)c1. The maximum Gasteiger partial charge on any atom is 0.0831 e. The molecule has 0 spiro atoms. The molecule has 4 heteroatoms. The van der Waals surface area contributed by atoms with Gasteiger partial charge in [0.05, 0.1) is 6.10 Å². The van der Waals surface area contributed by atoms with Crippen molar-refractivity contribution in [1.29, 1.82) is 0 Å². The lowest BCUT2D eigenvalue weighted by atomic mass is 10.0. The summed E-state index contributed by atoms with van der Waals surface area (Å²) >= 11 is 12.9. The summed E-state index contributed by atoms with van der Waals surface area (Å²) in [4.78, 5) is 0. The first-order chi connectivity index (χ1) is 8.56. The van der Waals surface area contributed by atoms with E-state index in [4.69, 9.17) is 11.6 Å². The molecule has 0 radical (unpaired) electrons. The van der Waals surface area contributed by atoms with E-state index < -0.39 is 6.10 Å². The van der Waals surface area contributed by atoms with Gasteiger partial charge in [-0.1, -0.05) is 61.7 Å². The summed E-state index contributed by atoms with van der Waals surface area (Å²) in [6.45, 7) is 0. The molecule has 1 nitrogen and oxygen atoms in total. The number of aliphatic hydroxyl groups excluding tert-OH is 1. The van der Waals surface area contributed by atoms with Crippen LogP contribution in [0.25, 0.3) is 0 Å². The molecule has 18 heavy (non-hydrogen) atoms. The third-order valence-electron chi connectivity index (χ3n) is 2.66. The van der Waals surface area contributed by atoms with Gasteiger partial charge in [0.2, 0.25) is 0 Å². The Morgan fingerprint density at radius 2 is 1.78 bits per heavy atom. The van der Waals surface area contributed by atoms with Crippen LogP contribution in [0.2, 0.25) is 5.02 Å². The van der Waals surface area contributed by atoms with Crippen LogP contribution in [-0.4, -0.2) is 5.11 Å². The van der Waals surface area contributed by atoms with Crippen LogP contribution in [0, 0.1) is 0 Å². The molecule has 2 rings (SSSR count). The fourth-order valence-corrected chi connectivity index (χ4v) is 2.89. The fourth-order valence-electron chi connectivity index (χ4n) is 1.73. The molecule has 0 aliphatic heterocycles. The highest BCUT2D eigenvalue weighted by molar-refractivity contribution is 9.10. The predicted octanol–water partition coefficient (Wildman–Crippen LogP) is 5.14. The monoisotopic (exact) mass is 388 g/mol. The number of hydrogen-bond acceptors (Lipinski definition) is 1. The largest absolute Gasteiger partial charge is 0.388 e. The number of aliphatic hydroxyl groups is 1. The molecule has 2 aromatic carbocycles. The molecule has 1 unspecified atom stereocenters. The lowest BCUT2D eigenvalue weighted by Crippen LogP contribution is -2.02. The van der Waals surface area contributed by atoms with Crippen molar-refractivity contribution in [2.75, 3.05) is 0 Å². The molecular formula is C14H11Br2ClO. The van der Waals surface area contributed by atoms with Gasteiger partial charge < -0.3 is 5.11 Å². The second kappa shape index (κ2) is 6.20. The third-order valence-corrected chi connectivity index (χ3v) is 4.00. The van der Waals surface area contributed by atoms with Crippen LogP contribution >= 0.6 is 43.5 Å². The van der Waals surface area contributed by atoms with Gasteiger partial charge in [-0.3, -0.25) is 0 Å². The Bertz CT molecular complexity index is 557. The molecule has 0 saturated carbocycles. The minimum absolute atomic E-state index is 0.503. The number of halogens is 3. The summed E-state index contributed by atoms with van der Waals surface area (Å²) in [5, 5.41) is 10.9. The summed E-state index contributed by atoms with van der Waals surface area (Å²) < 4.78 is 1.90. The van der Waals surface area contributed by atoms with Crippen LogP contribution in [0.15, 0.2) is 51.4 Å². The van der Waals surface area contributed by atoms with E-state index in [1.807, 2.05) is 42.5 Å². The zero-order valence-electron chi connectivity index (χ0n) is 9.41. The van der Waals surface area contributed by atoms with Crippen molar-refractivity contribution in [2.24, 2.45) is 0 Å². The van der Waals surface area contributed by atoms with E-state index in [0.717, 1.165) is 20.1 Å². The molecular weight excluding hydrogens is 379 g/mol. The minimum Gasteiger partial charge on any atom is -0.388 e. The van der Waals surface area contributed by atoms with Gasteiger partial charge in [-0.15, -0.1) is 0 Å². The molecule has 0 aliphatic carbocycles. The molecule has 2 aromatic rings. The van der Waals surface area contributed by atoms with Crippen LogP contribution < -0.4 is 0 Å². The summed E-state index contributed by atoms with van der Waals surface area (Å²) in [5.74, 6) is 0. The average molecular weight is 391 g/mol. The van der Waals surface area contributed by atoms with Crippen molar-refractivity contribution in [3.63, 3.8) is 0 Å². The van der Waals surface area contributed by atoms with Crippen LogP contribution in [-0.2, 0) is 6.42 Å². The Labute approximate surface area is 128 Å². The van der Waals surface area contributed by atoms with Crippen molar-refractivity contribution < 1.29 is 5.11 Å². The second-order valence-corrected chi connectivity index (χ2v) is 6.25. The first-order valence-electron chi connectivity index (χ1n) is 5.44. The molecule has 0 fully saturated rings. The van der Waals surface area contributed by atoms with Crippen LogP contribution in [0.5, 0.6) is 0 Å². The van der Waals surface area contributed by atoms with Gasteiger partial charge in [-0.25, -0.2) is 0 Å². The maximum absolute atomic E-state index is 10.2. The van der Waals surface area contributed by atoms with E-state index in [1.165, 1.54) is 0 Å². The molecule has 94 valence electrons. The Hall–Kier alpha value is -0.350. The van der Waals surface area contributed by atoms with Crippen molar-refractivity contribution >= 4 is 43.5 Å². The van der Waals surface area contributed by atoms with Crippen LogP contribution in [0.3, 0.4) is 0 Å². The normalized spacial score (nSPS) is 12.4. The van der Waals surface area contributed by atoms with E-state index in [-0.39, 0.29) is 0 Å². The Kier molecular flexibility index (Phi) is 4.84. The Morgan fingerprint density at radius 3 is 2.44 bits per heavy atom. The number of hydrogen-bond donors (Lipinski definition) is 1. The summed E-state index contributed by atoms with van der Waals surface area (Å²) in [7, 11) is 0. The molecule has 0 bridgehead atoms. The molecule has 0 aromatic heterocycles. The van der Waals surface area contributed by atoms with Crippen LogP contribution in [0.4, 0.5) is 0 Å². The van der Waals surface area contributed by atoms with Gasteiger partial charge in [0.1, 0.15) is 0 Å². The van der Waals surface area contributed by atoms with Crippen molar-refractivity contribution in [3.05, 3.63) is 67.6 Å². The van der Waals surface area contributed by atoms with Crippen molar-refractivity contribution in [2.45, 2.75) is 12.5 Å². The molecule has 1 atom stereocenters. The zero-order chi connectivity index (χ0) is 13.1. The lowest BCUT2D eigenvalue weighted by Gasteiger charge is -2.12. The standard InChI is InChI=1S/C14H11Br2ClO/c15-11-3-1-2-10(6-11)14(18)7-9-4-5-12(16)8-13(9)17/h1-6,8,14,18H,7H2. The average Bonchev–Trinajstić information content (AvgIpc) is 2.32. The highest BCUT2D eigenvalue weighted by atomic mass is 79.9. The van der Waals surface area contributed by atoms with Gasteiger partial charge in [0.15, 0.2) is 0 Å². The highest BCUT2D eigenvalue weighted by Crippen LogP contribution is 2.27. The number of benzene rings is 2. The first kappa shape index (κ1) is 14.1. The van der Waals surface area contributed by atoms with Crippen LogP contribution in [0.1, 0.15) is 17.2 Å². The van der Waals surface area contributed by atoms with Crippen molar-refractivity contribution in [1.82, 2.24) is 0 Å². The quantitative estimate of drug-likeness (QED) is 0.769. The molecule has 0 aliphatic rings. The second-order valence-electron chi connectivity index (χ2n) is 4.01. The van der Waals surface area contributed by atoms with E-state index in [9.17, 15) is 5.11 Å². The van der Waals surface area contributed by atoms with Gasteiger partial charge in [-0.05, 0) is 35.4 Å². The smallest absolute Gasteiger partial charge is 0.0831 e. The minimum atomic E-state index is -0.554. The Morgan fingerprint density at radius 1 is 1.06 bits per heavy atom. The predicted molar refractivity (Wildman–Crippen MR) is 82.0 cm³/mol. The summed E-state index contributed by atoms with van der Waals surface area (Å²) in [5.41, 5.74) is 1.82. The van der Waals surface area contributed by atoms with E-state index >= 15 is 0 Å². The van der Waals surface area contributed by atoms with Gasteiger partial charge in [0, 0.05) is 20.4 Å². The van der Waals surface area contributed by atoms with E-state index in [0.29, 0.717) is 11.4 Å². The topological polar surface area (TPSA) is 20.2 Å². The molecule has 0 saturated heterocycles. The molecule has 0 amide bonds. The van der Waals surface area contributed by atoms with Gasteiger partial charge in [0.25, 0.3) is 0 Å². The molecule has 0 heterocycles. The molecule has 1 N–H and O–H groups in total. The van der Waals surface area contributed by atoms with Crippen molar-refractivity contribution in [3.8, 4) is 0 Å². The fraction of sp³-hybridized carbons (Fsp3) is 0.143. The lowest BCUT2D eigenvalue weighted by molar-refractivity contribution is 0.178. The summed E-state index contributed by atoms with van der Waals surface area (Å²) in [6, 6.07) is 13.3.